The lowest BCUT2D eigenvalue weighted by molar-refractivity contribution is -0.0523. The Hall–Kier alpha value is -1.77. The lowest BCUT2D eigenvalue weighted by atomic mass is 9.76. The van der Waals surface area contributed by atoms with Crippen LogP contribution in [0.1, 0.15) is 45.1 Å². The van der Waals surface area contributed by atoms with Gasteiger partial charge in [0.05, 0.1) is 12.8 Å². The molecule has 0 amide bonds. The first-order valence-electron chi connectivity index (χ1n) is 7.66. The number of methoxy groups -OCH3 is 1. The molecule has 1 aliphatic carbocycles. The van der Waals surface area contributed by atoms with E-state index >= 15 is 0 Å². The highest BCUT2D eigenvalue weighted by Crippen LogP contribution is 2.40. The van der Waals surface area contributed by atoms with Crippen molar-refractivity contribution in [1.82, 2.24) is 0 Å². The van der Waals surface area contributed by atoms with Gasteiger partial charge in [-0.15, -0.1) is 0 Å². The molecule has 21 heavy (non-hydrogen) atoms. The Labute approximate surface area is 126 Å². The van der Waals surface area contributed by atoms with E-state index in [1.807, 2.05) is 12.1 Å². The first-order valence-corrected chi connectivity index (χ1v) is 7.66. The number of hydrogen-bond acceptors (Lipinski definition) is 3. The fraction of sp³-hybridized carbons (Fsp3) is 0.500. The van der Waals surface area contributed by atoms with E-state index in [1.54, 1.807) is 7.11 Å². The van der Waals surface area contributed by atoms with Crippen LogP contribution in [0.2, 0.25) is 0 Å². The van der Waals surface area contributed by atoms with Crippen molar-refractivity contribution in [1.29, 1.82) is 0 Å². The molecule has 1 aromatic rings. The first-order chi connectivity index (χ1) is 10.1. The van der Waals surface area contributed by atoms with Crippen LogP contribution in [0.25, 0.3) is 0 Å². The van der Waals surface area contributed by atoms with Gasteiger partial charge in [-0.3, -0.25) is 0 Å². The number of nitrogens with zero attached hydrogens (tertiary/aromatic N) is 1. The van der Waals surface area contributed by atoms with Gasteiger partial charge in [0.1, 0.15) is 11.4 Å². The minimum Gasteiger partial charge on any atom is -0.497 e. The molecule has 1 heterocycles. The molecule has 0 fully saturated rings. The van der Waals surface area contributed by atoms with Gasteiger partial charge in [-0.1, -0.05) is 16.8 Å². The monoisotopic (exact) mass is 285 g/mol. The molecule has 3 heteroatoms. The van der Waals surface area contributed by atoms with Crippen LogP contribution in [0.3, 0.4) is 0 Å². The number of benzene rings is 1. The Kier molecular flexibility index (Phi) is 3.75. The zero-order chi connectivity index (χ0) is 14.9. The molecule has 2 aliphatic rings. The molecule has 0 bridgehead atoms. The molecular formula is C18H23NO2. The average Bonchev–Trinajstić information content (AvgIpc) is 2.92. The van der Waals surface area contributed by atoms with Crippen molar-refractivity contribution in [2.75, 3.05) is 7.11 Å². The first kappa shape index (κ1) is 14.2. The molecule has 0 N–H and O–H groups in total. The van der Waals surface area contributed by atoms with Crippen LogP contribution in [0.4, 0.5) is 0 Å². The van der Waals surface area contributed by atoms with Crippen LogP contribution < -0.4 is 4.74 Å². The Morgan fingerprint density at radius 1 is 1.29 bits per heavy atom. The van der Waals surface area contributed by atoms with Crippen molar-refractivity contribution in [3.8, 4) is 5.75 Å². The lowest BCUT2D eigenvalue weighted by Gasteiger charge is -2.33. The summed E-state index contributed by atoms with van der Waals surface area (Å²) in [5.41, 5.74) is 3.52. The van der Waals surface area contributed by atoms with Crippen molar-refractivity contribution in [3.05, 3.63) is 41.5 Å². The molecule has 1 aliphatic heterocycles. The molecule has 0 radical (unpaired) electrons. The van der Waals surface area contributed by atoms with Crippen molar-refractivity contribution in [3.63, 3.8) is 0 Å². The van der Waals surface area contributed by atoms with Crippen LogP contribution in [0.5, 0.6) is 5.75 Å². The molecule has 0 aromatic heterocycles. The third kappa shape index (κ3) is 2.82. The molecule has 3 rings (SSSR count). The number of allylic oxidation sites excluding steroid dienone is 2. The Balaban J connectivity index is 1.71. The van der Waals surface area contributed by atoms with Crippen molar-refractivity contribution in [2.24, 2.45) is 11.1 Å². The Morgan fingerprint density at radius 3 is 2.67 bits per heavy atom. The number of oxime groups is 1. The van der Waals surface area contributed by atoms with Gasteiger partial charge in [-0.25, -0.2) is 0 Å². The summed E-state index contributed by atoms with van der Waals surface area (Å²) >= 11 is 0. The summed E-state index contributed by atoms with van der Waals surface area (Å²) in [4.78, 5) is 5.87. The second-order valence-corrected chi connectivity index (χ2v) is 6.37. The third-order valence-electron chi connectivity index (χ3n) is 4.81. The van der Waals surface area contributed by atoms with Crippen molar-refractivity contribution < 1.29 is 9.57 Å². The second-order valence-electron chi connectivity index (χ2n) is 6.37. The highest BCUT2D eigenvalue weighted by molar-refractivity contribution is 6.01. The van der Waals surface area contributed by atoms with Gasteiger partial charge in [-0.2, -0.15) is 0 Å². The summed E-state index contributed by atoms with van der Waals surface area (Å²) in [7, 11) is 1.68. The van der Waals surface area contributed by atoms with E-state index in [4.69, 9.17) is 9.57 Å². The van der Waals surface area contributed by atoms with Gasteiger partial charge < -0.3 is 9.57 Å². The SMILES string of the molecule is COc1ccc(C2=NOC(C)([C@@H]3CC=C(C)CC3)C2)cc1. The molecule has 0 saturated carbocycles. The maximum Gasteiger partial charge on any atom is 0.143 e. The van der Waals surface area contributed by atoms with Gasteiger partial charge >= 0.3 is 0 Å². The number of rotatable bonds is 3. The van der Waals surface area contributed by atoms with Crippen molar-refractivity contribution in [2.45, 2.75) is 45.1 Å². The van der Waals surface area contributed by atoms with E-state index in [9.17, 15) is 0 Å². The molecular weight excluding hydrogens is 262 g/mol. The van der Waals surface area contributed by atoms with Gasteiger partial charge in [0.2, 0.25) is 0 Å². The minimum atomic E-state index is -0.160. The summed E-state index contributed by atoms with van der Waals surface area (Å²) in [6.07, 6.45) is 6.73. The van der Waals surface area contributed by atoms with E-state index in [2.05, 4.69) is 37.2 Å². The maximum absolute atomic E-state index is 5.87. The fourth-order valence-electron chi connectivity index (χ4n) is 3.23. The standard InChI is InChI=1S/C18H23NO2/c1-13-4-8-15(9-5-13)18(2)12-17(19-21-18)14-6-10-16(20-3)11-7-14/h4,6-7,10-11,15H,5,8-9,12H2,1-3H3/t15-,18?/m1/s1. The molecule has 3 nitrogen and oxygen atoms in total. The number of ether oxygens (including phenoxy) is 1. The van der Waals surface area contributed by atoms with Crippen LogP contribution >= 0.6 is 0 Å². The molecule has 2 atom stereocenters. The number of hydrogen-bond donors (Lipinski definition) is 0. The largest absolute Gasteiger partial charge is 0.497 e. The highest BCUT2D eigenvalue weighted by atomic mass is 16.7. The minimum absolute atomic E-state index is 0.160. The van der Waals surface area contributed by atoms with Gasteiger partial charge in [0, 0.05) is 12.3 Å². The zero-order valence-corrected chi connectivity index (χ0v) is 13.1. The third-order valence-corrected chi connectivity index (χ3v) is 4.81. The molecule has 0 saturated heterocycles. The van der Waals surface area contributed by atoms with Crippen LogP contribution in [-0.4, -0.2) is 18.4 Å². The smallest absolute Gasteiger partial charge is 0.143 e. The van der Waals surface area contributed by atoms with Crippen molar-refractivity contribution >= 4 is 5.71 Å². The van der Waals surface area contributed by atoms with Crippen LogP contribution in [0.15, 0.2) is 41.1 Å². The van der Waals surface area contributed by atoms with E-state index < -0.39 is 0 Å². The second kappa shape index (κ2) is 5.55. The molecule has 1 aromatic carbocycles. The quantitative estimate of drug-likeness (QED) is 0.774. The topological polar surface area (TPSA) is 30.8 Å². The predicted molar refractivity (Wildman–Crippen MR) is 84.7 cm³/mol. The van der Waals surface area contributed by atoms with E-state index in [-0.39, 0.29) is 5.60 Å². The summed E-state index contributed by atoms with van der Waals surface area (Å²) in [6.45, 7) is 4.42. The fourth-order valence-corrected chi connectivity index (χ4v) is 3.23. The highest BCUT2D eigenvalue weighted by Gasteiger charge is 2.42. The summed E-state index contributed by atoms with van der Waals surface area (Å²) in [6, 6.07) is 8.05. The van der Waals surface area contributed by atoms with Gasteiger partial charge in [0.15, 0.2) is 0 Å². The summed E-state index contributed by atoms with van der Waals surface area (Å²) in [5, 5.41) is 4.36. The summed E-state index contributed by atoms with van der Waals surface area (Å²) in [5.74, 6) is 1.43. The van der Waals surface area contributed by atoms with E-state index in [0.29, 0.717) is 5.92 Å². The van der Waals surface area contributed by atoms with Crippen LogP contribution in [-0.2, 0) is 4.84 Å². The van der Waals surface area contributed by atoms with E-state index in [1.165, 1.54) is 18.4 Å². The molecule has 1 unspecified atom stereocenters. The summed E-state index contributed by atoms with van der Waals surface area (Å²) < 4.78 is 5.20. The molecule has 112 valence electrons. The average molecular weight is 285 g/mol. The Morgan fingerprint density at radius 2 is 2.05 bits per heavy atom. The van der Waals surface area contributed by atoms with E-state index in [0.717, 1.165) is 29.9 Å². The Bertz CT molecular complexity index is 573. The molecule has 0 spiro atoms. The lowest BCUT2D eigenvalue weighted by Crippen LogP contribution is -2.35. The van der Waals surface area contributed by atoms with Gasteiger partial charge in [0.25, 0.3) is 0 Å². The predicted octanol–water partition coefficient (Wildman–Crippen LogP) is 4.32. The normalized spacial score (nSPS) is 28.6. The van der Waals surface area contributed by atoms with Gasteiger partial charge in [-0.05, 0) is 62.9 Å². The van der Waals surface area contributed by atoms with Crippen LogP contribution in [0, 0.1) is 5.92 Å². The zero-order valence-electron chi connectivity index (χ0n) is 13.1. The maximum atomic E-state index is 5.87.